The van der Waals surface area contributed by atoms with Crippen molar-refractivity contribution in [3.8, 4) is 0 Å². The average Bonchev–Trinajstić information content (AvgIpc) is 2.04. The van der Waals surface area contributed by atoms with Gasteiger partial charge in [-0.25, -0.2) is 0 Å². The average molecular weight is 178 g/mol. The molecule has 0 heterocycles. The Labute approximate surface area is 78.4 Å². The molecule has 0 aromatic heterocycles. The van der Waals surface area contributed by atoms with E-state index in [0.29, 0.717) is 11.5 Å². The molecule has 0 spiro atoms. The molecule has 3 nitrogen and oxygen atoms in total. The van der Waals surface area contributed by atoms with Crippen molar-refractivity contribution in [1.82, 2.24) is 0 Å². The van der Waals surface area contributed by atoms with Gasteiger partial charge in [0.25, 0.3) is 5.78 Å². The molecule has 0 unspecified atom stereocenters. The summed E-state index contributed by atoms with van der Waals surface area (Å²) >= 11 is 0. The lowest BCUT2D eigenvalue weighted by molar-refractivity contribution is -0.112. The Hall–Kier alpha value is -1.47. The summed E-state index contributed by atoms with van der Waals surface area (Å²) in [4.78, 5) is 13.7. The van der Waals surface area contributed by atoms with Crippen LogP contribution >= 0.6 is 0 Å². The third-order valence-corrected chi connectivity index (χ3v) is 1.41. The number of rotatable bonds is 4. The quantitative estimate of drug-likeness (QED) is 0.213. The van der Waals surface area contributed by atoms with E-state index in [1.807, 2.05) is 12.2 Å². The Morgan fingerprint density at radius 3 is 2.54 bits per heavy atom. The molecule has 0 atom stereocenters. The molecule has 0 aromatic rings. The summed E-state index contributed by atoms with van der Waals surface area (Å²) in [6.45, 7) is 5.78. The molecule has 0 aliphatic rings. The van der Waals surface area contributed by atoms with Crippen molar-refractivity contribution in [1.29, 1.82) is 0 Å². The maximum absolute atomic E-state index is 11.0. The molecule has 0 N–H and O–H groups in total. The minimum absolute atomic E-state index is 0.282. The zero-order valence-corrected chi connectivity index (χ0v) is 8.19. The number of hydrogen-bond donors (Lipinski definition) is 0. The standard InChI is InChI=1S/C10H14N2O/c1-8(2)5-4-6-9(3)10(13)7-12-11/h4-8H,1-3H3/b5-4+,9-6+. The van der Waals surface area contributed by atoms with Gasteiger partial charge in [0, 0.05) is 5.57 Å². The van der Waals surface area contributed by atoms with E-state index in [2.05, 4.69) is 18.6 Å². The van der Waals surface area contributed by atoms with E-state index < -0.39 is 0 Å². The maximum atomic E-state index is 11.0. The third-order valence-electron chi connectivity index (χ3n) is 1.41. The van der Waals surface area contributed by atoms with Gasteiger partial charge in [-0.2, -0.15) is 4.79 Å². The van der Waals surface area contributed by atoms with Crippen LogP contribution in [0.4, 0.5) is 0 Å². The van der Waals surface area contributed by atoms with E-state index in [0.717, 1.165) is 6.21 Å². The fourth-order valence-corrected chi connectivity index (χ4v) is 0.659. The minimum atomic E-state index is -0.282. The molecule has 0 radical (unpaired) electrons. The van der Waals surface area contributed by atoms with E-state index in [9.17, 15) is 4.79 Å². The van der Waals surface area contributed by atoms with E-state index in [1.54, 1.807) is 13.0 Å². The van der Waals surface area contributed by atoms with Crippen molar-refractivity contribution in [3.63, 3.8) is 0 Å². The second-order valence-electron chi connectivity index (χ2n) is 3.09. The smallest absolute Gasteiger partial charge is 0.327 e. The Morgan fingerprint density at radius 2 is 2.08 bits per heavy atom. The van der Waals surface area contributed by atoms with Crippen LogP contribution in [0.5, 0.6) is 0 Å². The van der Waals surface area contributed by atoms with Crippen LogP contribution < -0.4 is 0 Å². The number of hydrogen-bond acceptors (Lipinski definition) is 1. The first-order chi connectivity index (χ1) is 6.07. The van der Waals surface area contributed by atoms with E-state index in [1.165, 1.54) is 0 Å². The van der Waals surface area contributed by atoms with Gasteiger partial charge in [-0.1, -0.05) is 32.1 Å². The molecule has 0 aromatic carbocycles. The summed E-state index contributed by atoms with van der Waals surface area (Å²) in [6, 6.07) is 0. The highest BCUT2D eigenvalue weighted by Gasteiger charge is 2.02. The zero-order valence-electron chi connectivity index (χ0n) is 8.19. The van der Waals surface area contributed by atoms with Crippen molar-refractivity contribution in [2.45, 2.75) is 20.8 Å². The first-order valence-corrected chi connectivity index (χ1v) is 4.14. The monoisotopic (exact) mass is 178 g/mol. The van der Waals surface area contributed by atoms with Crippen molar-refractivity contribution in [2.75, 3.05) is 0 Å². The molecular weight excluding hydrogens is 164 g/mol. The molecule has 13 heavy (non-hydrogen) atoms. The molecule has 0 saturated heterocycles. The Kier molecular flexibility index (Phi) is 5.40. The van der Waals surface area contributed by atoms with Gasteiger partial charge < -0.3 is 5.53 Å². The maximum Gasteiger partial charge on any atom is 0.327 e. The van der Waals surface area contributed by atoms with Crippen LogP contribution in [0, 0.1) is 5.92 Å². The van der Waals surface area contributed by atoms with E-state index in [4.69, 9.17) is 5.53 Å². The first-order valence-electron chi connectivity index (χ1n) is 4.14. The Morgan fingerprint density at radius 1 is 1.46 bits per heavy atom. The van der Waals surface area contributed by atoms with Crippen LogP contribution in [0.3, 0.4) is 0 Å². The van der Waals surface area contributed by atoms with Crippen LogP contribution in [-0.4, -0.2) is 16.8 Å². The van der Waals surface area contributed by atoms with Gasteiger partial charge in [-0.05, 0) is 12.8 Å². The van der Waals surface area contributed by atoms with Crippen molar-refractivity contribution < 1.29 is 9.58 Å². The summed E-state index contributed by atoms with van der Waals surface area (Å²) in [6.07, 6.45) is 6.38. The minimum Gasteiger partial charge on any atom is -0.361 e. The van der Waals surface area contributed by atoms with Crippen LogP contribution in [0.25, 0.3) is 5.53 Å². The van der Waals surface area contributed by atoms with Crippen molar-refractivity contribution >= 4 is 12.0 Å². The largest absolute Gasteiger partial charge is 0.361 e. The topological polar surface area (TPSA) is 53.5 Å². The SMILES string of the molecule is C/C(=C\C=C\C(C)C)C(=O)C=[N+]=[N-]. The number of Topliss-reactive ketones (excluding diaryl/α,β-unsaturated/α-hetero) is 1. The van der Waals surface area contributed by atoms with Gasteiger partial charge in [-0.3, -0.25) is 4.79 Å². The number of nitrogens with zero attached hydrogens (tertiary/aromatic N) is 2. The summed E-state index contributed by atoms with van der Waals surface area (Å²) in [7, 11) is 0. The molecule has 0 amide bonds. The van der Waals surface area contributed by atoms with Gasteiger partial charge in [0.15, 0.2) is 0 Å². The highest BCUT2D eigenvalue weighted by atomic mass is 16.1. The molecule has 0 aliphatic heterocycles. The van der Waals surface area contributed by atoms with Crippen molar-refractivity contribution in [3.05, 3.63) is 29.3 Å². The lowest BCUT2D eigenvalue weighted by atomic mass is 10.1. The van der Waals surface area contributed by atoms with Gasteiger partial charge in [0.1, 0.15) is 0 Å². The molecule has 70 valence electrons. The zero-order chi connectivity index (χ0) is 10.3. The third kappa shape index (κ3) is 5.76. The van der Waals surface area contributed by atoms with E-state index >= 15 is 0 Å². The molecule has 0 bridgehead atoms. The Bertz CT molecular complexity index is 281. The Balaban J connectivity index is 4.33. The van der Waals surface area contributed by atoms with Gasteiger partial charge in [0.05, 0.1) is 0 Å². The van der Waals surface area contributed by atoms with E-state index in [-0.39, 0.29) is 5.78 Å². The number of carbonyl (C=O) groups is 1. The summed E-state index contributed by atoms with van der Waals surface area (Å²) in [5.41, 5.74) is 8.65. The highest BCUT2D eigenvalue weighted by molar-refractivity contribution is 6.33. The first kappa shape index (κ1) is 11.5. The molecular formula is C10H14N2O. The van der Waals surface area contributed by atoms with Crippen LogP contribution in [0.15, 0.2) is 23.8 Å². The number of ketones is 1. The summed E-state index contributed by atoms with van der Waals surface area (Å²) in [5.74, 6) is 0.182. The predicted molar refractivity (Wildman–Crippen MR) is 52.4 cm³/mol. The molecule has 0 fully saturated rings. The summed E-state index contributed by atoms with van der Waals surface area (Å²) in [5, 5.41) is 0. The molecule has 3 heteroatoms. The van der Waals surface area contributed by atoms with Gasteiger partial charge in [0.2, 0.25) is 0 Å². The second kappa shape index (κ2) is 6.09. The van der Waals surface area contributed by atoms with Gasteiger partial charge in [-0.15, -0.1) is 0 Å². The normalized spacial score (nSPS) is 11.8. The van der Waals surface area contributed by atoms with Crippen LogP contribution in [0.1, 0.15) is 20.8 Å². The molecule has 0 aliphatic carbocycles. The predicted octanol–water partition coefficient (Wildman–Crippen LogP) is 2.01. The fourth-order valence-electron chi connectivity index (χ4n) is 0.659. The van der Waals surface area contributed by atoms with Gasteiger partial charge >= 0.3 is 6.21 Å². The summed E-state index contributed by atoms with van der Waals surface area (Å²) < 4.78 is 0. The number of allylic oxidation sites excluding steroid dienone is 4. The highest BCUT2D eigenvalue weighted by Crippen LogP contribution is 1.97. The molecule has 0 rings (SSSR count). The fraction of sp³-hybridized carbons (Fsp3) is 0.400. The van der Waals surface area contributed by atoms with Crippen LogP contribution in [0.2, 0.25) is 0 Å². The van der Waals surface area contributed by atoms with Crippen molar-refractivity contribution in [2.24, 2.45) is 5.92 Å². The lowest BCUT2D eigenvalue weighted by Crippen LogP contribution is -2.00. The van der Waals surface area contributed by atoms with Crippen LogP contribution in [-0.2, 0) is 4.79 Å². The molecule has 0 saturated carbocycles. The lowest BCUT2D eigenvalue weighted by Gasteiger charge is -1.90. The second-order valence-corrected chi connectivity index (χ2v) is 3.09. The number of carbonyl (C=O) groups excluding carboxylic acids is 1.